The van der Waals surface area contributed by atoms with Crippen molar-refractivity contribution >= 4 is 40.9 Å². The molecule has 0 aromatic heterocycles. The van der Waals surface area contributed by atoms with Crippen molar-refractivity contribution < 1.29 is 14.4 Å². The monoisotopic (exact) mass is 380 g/mol. The fourth-order valence-electron chi connectivity index (χ4n) is 3.32. The number of allylic oxidation sites excluding steroid dienone is 2. The first-order valence-corrected chi connectivity index (χ1v) is 8.89. The van der Waals surface area contributed by atoms with E-state index in [1.54, 1.807) is 25.1 Å². The third kappa shape index (κ3) is 3.44. The van der Waals surface area contributed by atoms with Crippen LogP contribution in [-0.2, 0) is 20.9 Å². The van der Waals surface area contributed by atoms with Gasteiger partial charge in [-0.05, 0) is 37.5 Å². The Morgan fingerprint density at radius 1 is 1.20 bits per heavy atom. The number of carbonyl (C=O) groups excluding carboxylic acids is 3. The van der Waals surface area contributed by atoms with E-state index in [1.165, 1.54) is 0 Å². The van der Waals surface area contributed by atoms with E-state index in [4.69, 9.17) is 23.2 Å². The van der Waals surface area contributed by atoms with Gasteiger partial charge < -0.3 is 5.32 Å². The highest BCUT2D eigenvalue weighted by Crippen LogP contribution is 2.36. The fourth-order valence-corrected chi connectivity index (χ4v) is 3.80. The summed E-state index contributed by atoms with van der Waals surface area (Å²) in [5.74, 6) is -1.57. The Morgan fingerprint density at radius 3 is 2.36 bits per heavy atom. The van der Waals surface area contributed by atoms with Crippen LogP contribution in [0.1, 0.15) is 25.3 Å². The van der Waals surface area contributed by atoms with Crippen molar-refractivity contribution in [3.63, 3.8) is 0 Å². The van der Waals surface area contributed by atoms with Crippen molar-refractivity contribution in [2.24, 2.45) is 11.8 Å². The number of fused-ring (bicyclic) bond motifs is 1. The summed E-state index contributed by atoms with van der Waals surface area (Å²) in [4.78, 5) is 38.6. The van der Waals surface area contributed by atoms with Gasteiger partial charge >= 0.3 is 0 Å². The maximum atomic E-state index is 12.5. The molecule has 1 saturated heterocycles. The molecule has 3 rings (SSSR count). The highest BCUT2D eigenvalue weighted by atomic mass is 35.5. The summed E-state index contributed by atoms with van der Waals surface area (Å²) in [6, 6.07) is 4.15. The lowest BCUT2D eigenvalue weighted by atomic mass is 9.85. The van der Waals surface area contributed by atoms with E-state index in [1.807, 2.05) is 12.2 Å². The molecule has 3 amide bonds. The number of likely N-dealkylation sites (tertiary alicyclic amines) is 1. The molecule has 7 heteroatoms. The summed E-state index contributed by atoms with van der Waals surface area (Å²) in [5, 5.41) is 3.69. The molecule has 1 aromatic rings. The quantitative estimate of drug-likeness (QED) is 0.644. The lowest BCUT2D eigenvalue weighted by Gasteiger charge is -2.22. The lowest BCUT2D eigenvalue weighted by molar-refractivity contribution is -0.147. The van der Waals surface area contributed by atoms with Gasteiger partial charge in [-0.25, -0.2) is 0 Å². The van der Waals surface area contributed by atoms with Crippen LogP contribution >= 0.6 is 23.2 Å². The molecule has 1 aliphatic heterocycles. The molecular formula is C18H18Cl2N2O3. The summed E-state index contributed by atoms with van der Waals surface area (Å²) < 4.78 is 0. The van der Waals surface area contributed by atoms with Gasteiger partial charge in [0.2, 0.25) is 17.7 Å². The van der Waals surface area contributed by atoms with Crippen molar-refractivity contribution in [2.45, 2.75) is 32.4 Å². The first-order valence-electron chi connectivity index (χ1n) is 8.13. The van der Waals surface area contributed by atoms with Crippen LogP contribution in [0.15, 0.2) is 30.4 Å². The summed E-state index contributed by atoms with van der Waals surface area (Å²) in [6.45, 7) is 1.77. The topological polar surface area (TPSA) is 66.5 Å². The molecule has 1 aromatic carbocycles. The molecule has 2 aliphatic rings. The Hall–Kier alpha value is -1.85. The number of nitrogens with zero attached hydrogens (tertiary/aromatic N) is 1. The predicted molar refractivity (Wildman–Crippen MR) is 95.0 cm³/mol. The number of imide groups is 1. The molecule has 0 saturated carbocycles. The van der Waals surface area contributed by atoms with Gasteiger partial charge in [-0.2, -0.15) is 0 Å². The van der Waals surface area contributed by atoms with Crippen molar-refractivity contribution in [1.82, 2.24) is 10.2 Å². The zero-order valence-electron chi connectivity index (χ0n) is 13.7. The smallest absolute Gasteiger partial charge is 0.243 e. The maximum Gasteiger partial charge on any atom is 0.243 e. The first kappa shape index (κ1) is 18.0. The van der Waals surface area contributed by atoms with Crippen molar-refractivity contribution in [3.8, 4) is 0 Å². The standard InChI is InChI=1S/C18H18Cl2N2O3/c1-10(16(23)21-9-11-6-7-12(19)8-15(11)20)22-17(24)13-4-2-3-5-14(13)18(22)25/h2-3,6-8,10,13-14H,4-5,9H2,1H3,(H,21,23)/t10-,13-,14+/m0/s1. The van der Waals surface area contributed by atoms with Gasteiger partial charge in [0.25, 0.3) is 0 Å². The van der Waals surface area contributed by atoms with E-state index in [9.17, 15) is 14.4 Å². The van der Waals surface area contributed by atoms with Gasteiger partial charge in [0.1, 0.15) is 6.04 Å². The second-order valence-corrected chi connectivity index (χ2v) is 7.18. The number of rotatable bonds is 4. The van der Waals surface area contributed by atoms with Crippen LogP contribution in [0, 0.1) is 11.8 Å². The molecule has 1 N–H and O–H groups in total. The number of amides is 3. The van der Waals surface area contributed by atoms with Crippen molar-refractivity contribution in [1.29, 1.82) is 0 Å². The van der Waals surface area contributed by atoms with Crippen LogP contribution in [0.25, 0.3) is 0 Å². The van der Waals surface area contributed by atoms with E-state index >= 15 is 0 Å². The second kappa shape index (κ2) is 7.18. The summed E-state index contributed by atoms with van der Waals surface area (Å²) in [5.41, 5.74) is 0.712. The Kier molecular flexibility index (Phi) is 5.16. The SMILES string of the molecule is C[C@@H](C(=O)NCc1ccc(Cl)cc1Cl)N1C(=O)[C@H]2CC=CC[C@H]2C1=O. The zero-order valence-corrected chi connectivity index (χ0v) is 15.2. The van der Waals surface area contributed by atoms with Gasteiger partial charge in [0, 0.05) is 16.6 Å². The molecule has 1 fully saturated rings. The highest BCUT2D eigenvalue weighted by Gasteiger charge is 2.50. The number of hydrogen-bond acceptors (Lipinski definition) is 3. The number of benzene rings is 1. The molecule has 0 unspecified atom stereocenters. The number of hydrogen-bond donors (Lipinski definition) is 1. The molecule has 0 bridgehead atoms. The summed E-state index contributed by atoms with van der Waals surface area (Å²) >= 11 is 11.9. The van der Waals surface area contributed by atoms with Crippen LogP contribution in [-0.4, -0.2) is 28.7 Å². The molecule has 0 spiro atoms. The van der Waals surface area contributed by atoms with Crippen LogP contribution < -0.4 is 5.32 Å². The second-order valence-electron chi connectivity index (χ2n) is 6.33. The van der Waals surface area contributed by atoms with Gasteiger partial charge in [-0.15, -0.1) is 0 Å². The molecule has 5 nitrogen and oxygen atoms in total. The normalized spacial score (nSPS) is 23.6. The van der Waals surface area contributed by atoms with Crippen LogP contribution in [0.3, 0.4) is 0 Å². The van der Waals surface area contributed by atoms with E-state index in [0.29, 0.717) is 28.5 Å². The Labute approximate surface area is 156 Å². The lowest BCUT2D eigenvalue weighted by Crippen LogP contribution is -2.48. The molecular weight excluding hydrogens is 363 g/mol. The largest absolute Gasteiger partial charge is 0.350 e. The molecule has 132 valence electrons. The summed E-state index contributed by atoms with van der Waals surface area (Å²) in [7, 11) is 0. The Bertz CT molecular complexity index is 737. The first-order chi connectivity index (χ1) is 11.9. The van der Waals surface area contributed by atoms with Gasteiger partial charge in [0.15, 0.2) is 0 Å². The van der Waals surface area contributed by atoms with E-state index in [2.05, 4.69) is 5.32 Å². The number of nitrogens with one attached hydrogen (secondary N) is 1. The Morgan fingerprint density at radius 2 is 1.80 bits per heavy atom. The van der Waals surface area contributed by atoms with Crippen LogP contribution in [0.2, 0.25) is 10.0 Å². The maximum absolute atomic E-state index is 12.5. The molecule has 1 aliphatic carbocycles. The van der Waals surface area contributed by atoms with Gasteiger partial charge in [-0.3, -0.25) is 19.3 Å². The molecule has 1 heterocycles. The fraction of sp³-hybridized carbons (Fsp3) is 0.389. The average Bonchev–Trinajstić information content (AvgIpc) is 2.85. The molecule has 3 atom stereocenters. The third-order valence-electron chi connectivity index (χ3n) is 4.78. The zero-order chi connectivity index (χ0) is 18.1. The average molecular weight is 381 g/mol. The third-order valence-corrected chi connectivity index (χ3v) is 5.36. The van der Waals surface area contributed by atoms with Gasteiger partial charge in [0.05, 0.1) is 11.8 Å². The number of halogens is 2. The van der Waals surface area contributed by atoms with E-state index in [-0.39, 0.29) is 36.1 Å². The van der Waals surface area contributed by atoms with Crippen LogP contribution in [0.5, 0.6) is 0 Å². The van der Waals surface area contributed by atoms with Crippen molar-refractivity contribution in [3.05, 3.63) is 46.0 Å². The summed E-state index contributed by atoms with van der Waals surface area (Å²) in [6.07, 6.45) is 4.95. The van der Waals surface area contributed by atoms with Crippen molar-refractivity contribution in [2.75, 3.05) is 0 Å². The van der Waals surface area contributed by atoms with Crippen LogP contribution in [0.4, 0.5) is 0 Å². The molecule has 25 heavy (non-hydrogen) atoms. The van der Waals surface area contributed by atoms with Gasteiger partial charge in [-0.1, -0.05) is 41.4 Å². The minimum atomic E-state index is -0.850. The Balaban J connectivity index is 1.66. The highest BCUT2D eigenvalue weighted by molar-refractivity contribution is 6.35. The predicted octanol–water partition coefficient (Wildman–Crippen LogP) is 2.95. The minimum Gasteiger partial charge on any atom is -0.350 e. The minimum absolute atomic E-state index is 0.198. The molecule has 0 radical (unpaired) electrons. The van der Waals surface area contributed by atoms with E-state index < -0.39 is 6.04 Å². The number of carbonyl (C=O) groups is 3. The van der Waals surface area contributed by atoms with E-state index in [0.717, 1.165) is 4.90 Å².